The molecule has 0 aromatic carbocycles. The maximum Gasteiger partial charge on any atom is 0.225 e. The van der Waals surface area contributed by atoms with E-state index in [-0.39, 0.29) is 0 Å². The molecule has 3 nitrogen and oxygen atoms in total. The van der Waals surface area contributed by atoms with Gasteiger partial charge in [0.05, 0.1) is 12.0 Å². The van der Waals surface area contributed by atoms with E-state index in [2.05, 4.69) is 29.2 Å². The van der Waals surface area contributed by atoms with E-state index < -0.39 is 0 Å². The van der Waals surface area contributed by atoms with Crippen LogP contribution in [0.4, 0.5) is 0 Å². The molecule has 0 spiro atoms. The Labute approximate surface area is 86.8 Å². The Morgan fingerprint density at radius 3 is 3.07 bits per heavy atom. The number of aryl methyl sites for hydroxylation is 1. The van der Waals surface area contributed by atoms with E-state index >= 15 is 0 Å². The van der Waals surface area contributed by atoms with Crippen molar-refractivity contribution in [3.05, 3.63) is 17.3 Å². The Morgan fingerprint density at radius 2 is 2.29 bits per heavy atom. The minimum atomic E-state index is 0.710. The normalized spacial score (nSPS) is 10.7. The van der Waals surface area contributed by atoms with Gasteiger partial charge in [-0.3, -0.25) is 0 Å². The molecule has 0 amide bonds. The van der Waals surface area contributed by atoms with Crippen LogP contribution in [0.25, 0.3) is 10.2 Å². The summed E-state index contributed by atoms with van der Waals surface area (Å²) >= 11 is 1.63. The molecule has 0 aliphatic rings. The third-order valence-corrected chi connectivity index (χ3v) is 2.97. The molecule has 2 heterocycles. The van der Waals surface area contributed by atoms with Gasteiger partial charge in [0.2, 0.25) is 5.88 Å². The second-order valence-corrected chi connectivity index (χ2v) is 3.98. The Bertz CT molecular complexity index is 439. The van der Waals surface area contributed by atoms with Gasteiger partial charge in [-0.2, -0.15) is 0 Å². The number of rotatable bonds is 3. The summed E-state index contributed by atoms with van der Waals surface area (Å²) in [6.07, 6.45) is 2.55. The largest absolute Gasteiger partial charge is 0.477 e. The lowest BCUT2D eigenvalue weighted by Gasteiger charge is -2.04. The fourth-order valence-corrected chi connectivity index (χ4v) is 2.17. The highest BCUT2D eigenvalue weighted by Gasteiger charge is 2.08. The minimum Gasteiger partial charge on any atom is -0.477 e. The summed E-state index contributed by atoms with van der Waals surface area (Å²) in [5, 5.41) is 3.14. The van der Waals surface area contributed by atoms with Crippen molar-refractivity contribution in [1.29, 1.82) is 0 Å². The third-order valence-electron chi connectivity index (χ3n) is 1.96. The van der Waals surface area contributed by atoms with Crippen molar-refractivity contribution in [2.75, 3.05) is 6.61 Å². The maximum absolute atomic E-state index is 5.56. The molecule has 0 saturated heterocycles. The van der Waals surface area contributed by atoms with Gasteiger partial charge in [-0.15, -0.1) is 11.3 Å². The summed E-state index contributed by atoms with van der Waals surface area (Å²) < 4.78 is 5.56. The first-order valence-electron chi connectivity index (χ1n) is 4.64. The molecule has 0 aliphatic carbocycles. The molecule has 2 aromatic rings. The van der Waals surface area contributed by atoms with Crippen molar-refractivity contribution in [3.8, 4) is 5.88 Å². The van der Waals surface area contributed by atoms with E-state index in [0.29, 0.717) is 6.61 Å². The van der Waals surface area contributed by atoms with Crippen LogP contribution in [0, 0.1) is 6.92 Å². The summed E-state index contributed by atoms with van der Waals surface area (Å²) in [5.74, 6) is 0.718. The van der Waals surface area contributed by atoms with Gasteiger partial charge >= 0.3 is 0 Å². The van der Waals surface area contributed by atoms with Crippen molar-refractivity contribution < 1.29 is 4.74 Å². The summed E-state index contributed by atoms with van der Waals surface area (Å²) in [4.78, 5) is 9.35. The van der Waals surface area contributed by atoms with Crippen LogP contribution in [-0.2, 0) is 0 Å². The zero-order valence-corrected chi connectivity index (χ0v) is 9.10. The van der Waals surface area contributed by atoms with Gasteiger partial charge in [-0.05, 0) is 24.3 Å². The van der Waals surface area contributed by atoms with Crippen LogP contribution in [0.5, 0.6) is 5.88 Å². The standard InChI is InChI=1S/C10H12N2OS/c1-3-4-13-9-8-7(2)5-14-10(8)12-6-11-9/h5-6H,3-4H2,1-2H3. The fraction of sp³-hybridized carbons (Fsp3) is 0.400. The molecule has 0 bridgehead atoms. The lowest BCUT2D eigenvalue weighted by atomic mass is 10.3. The van der Waals surface area contributed by atoms with Crippen LogP contribution in [-0.4, -0.2) is 16.6 Å². The van der Waals surface area contributed by atoms with Crippen molar-refractivity contribution in [1.82, 2.24) is 9.97 Å². The van der Waals surface area contributed by atoms with E-state index in [1.54, 1.807) is 17.7 Å². The molecular weight excluding hydrogens is 196 g/mol. The van der Waals surface area contributed by atoms with Crippen molar-refractivity contribution in [2.24, 2.45) is 0 Å². The average molecular weight is 208 g/mol. The SMILES string of the molecule is CCCOc1ncnc2scc(C)c12. The molecule has 0 fully saturated rings. The highest BCUT2D eigenvalue weighted by atomic mass is 32.1. The summed E-state index contributed by atoms with van der Waals surface area (Å²) in [6, 6.07) is 0. The van der Waals surface area contributed by atoms with Gasteiger partial charge in [-0.25, -0.2) is 9.97 Å². The molecule has 0 unspecified atom stereocenters. The predicted molar refractivity (Wildman–Crippen MR) is 57.9 cm³/mol. The van der Waals surface area contributed by atoms with Crippen LogP contribution < -0.4 is 4.74 Å². The van der Waals surface area contributed by atoms with Crippen LogP contribution >= 0.6 is 11.3 Å². The number of nitrogens with zero attached hydrogens (tertiary/aromatic N) is 2. The molecule has 0 aliphatic heterocycles. The van der Waals surface area contributed by atoms with E-state index in [1.165, 1.54) is 5.56 Å². The first-order valence-corrected chi connectivity index (χ1v) is 5.52. The first kappa shape index (κ1) is 9.40. The van der Waals surface area contributed by atoms with Crippen LogP contribution in [0.15, 0.2) is 11.7 Å². The quantitative estimate of drug-likeness (QED) is 0.778. The van der Waals surface area contributed by atoms with Gasteiger partial charge < -0.3 is 4.74 Å². The van der Waals surface area contributed by atoms with Gasteiger partial charge in [0.15, 0.2) is 0 Å². The lowest BCUT2D eigenvalue weighted by Crippen LogP contribution is -1.98. The Kier molecular flexibility index (Phi) is 2.63. The van der Waals surface area contributed by atoms with E-state index in [1.807, 2.05) is 0 Å². The molecule has 2 aromatic heterocycles. The topological polar surface area (TPSA) is 35.0 Å². The average Bonchev–Trinajstić information content (AvgIpc) is 2.58. The number of thiophene rings is 1. The maximum atomic E-state index is 5.56. The molecule has 2 rings (SSSR count). The highest BCUT2D eigenvalue weighted by Crippen LogP contribution is 2.29. The molecule has 0 radical (unpaired) electrons. The number of fused-ring (bicyclic) bond motifs is 1. The molecule has 14 heavy (non-hydrogen) atoms. The molecule has 0 atom stereocenters. The van der Waals surface area contributed by atoms with Gasteiger partial charge in [0, 0.05) is 0 Å². The number of ether oxygens (including phenoxy) is 1. The molecular formula is C10H12N2OS. The third kappa shape index (κ3) is 1.57. The summed E-state index contributed by atoms with van der Waals surface area (Å²) in [6.45, 7) is 4.85. The first-order chi connectivity index (χ1) is 6.83. The second kappa shape index (κ2) is 3.92. The number of aromatic nitrogens is 2. The molecule has 0 saturated carbocycles. The van der Waals surface area contributed by atoms with Crippen LogP contribution in [0.2, 0.25) is 0 Å². The Hall–Kier alpha value is -1.16. The number of hydrogen-bond donors (Lipinski definition) is 0. The zero-order valence-electron chi connectivity index (χ0n) is 8.28. The van der Waals surface area contributed by atoms with Crippen LogP contribution in [0.1, 0.15) is 18.9 Å². The summed E-state index contributed by atoms with van der Waals surface area (Å²) in [7, 11) is 0. The van der Waals surface area contributed by atoms with Gasteiger partial charge in [0.1, 0.15) is 11.2 Å². The van der Waals surface area contributed by atoms with Gasteiger partial charge in [0.25, 0.3) is 0 Å². The fourth-order valence-electron chi connectivity index (χ4n) is 1.29. The Morgan fingerprint density at radius 1 is 1.43 bits per heavy atom. The second-order valence-electron chi connectivity index (χ2n) is 3.13. The molecule has 0 N–H and O–H groups in total. The predicted octanol–water partition coefficient (Wildman–Crippen LogP) is 2.79. The molecule has 4 heteroatoms. The minimum absolute atomic E-state index is 0.710. The van der Waals surface area contributed by atoms with Crippen molar-refractivity contribution in [2.45, 2.75) is 20.3 Å². The smallest absolute Gasteiger partial charge is 0.225 e. The van der Waals surface area contributed by atoms with Gasteiger partial charge in [-0.1, -0.05) is 6.92 Å². The van der Waals surface area contributed by atoms with E-state index in [9.17, 15) is 0 Å². The zero-order chi connectivity index (χ0) is 9.97. The highest BCUT2D eigenvalue weighted by molar-refractivity contribution is 7.17. The Balaban J connectivity index is 2.46. The number of hydrogen-bond acceptors (Lipinski definition) is 4. The lowest BCUT2D eigenvalue weighted by molar-refractivity contribution is 0.309. The van der Waals surface area contributed by atoms with Crippen LogP contribution in [0.3, 0.4) is 0 Å². The van der Waals surface area contributed by atoms with E-state index in [0.717, 1.165) is 22.5 Å². The van der Waals surface area contributed by atoms with Crippen molar-refractivity contribution >= 4 is 21.6 Å². The van der Waals surface area contributed by atoms with E-state index in [4.69, 9.17) is 4.74 Å². The molecule has 74 valence electrons. The summed E-state index contributed by atoms with van der Waals surface area (Å²) in [5.41, 5.74) is 1.19. The monoisotopic (exact) mass is 208 g/mol. The van der Waals surface area contributed by atoms with Crippen molar-refractivity contribution in [3.63, 3.8) is 0 Å².